The molecule has 0 radical (unpaired) electrons. The highest BCUT2D eigenvalue weighted by Crippen LogP contribution is 2.26. The lowest BCUT2D eigenvalue weighted by atomic mass is 10.1. The minimum Gasteiger partial charge on any atom is -0.434 e. The van der Waals surface area contributed by atoms with Gasteiger partial charge in [-0.1, -0.05) is 18.2 Å². The van der Waals surface area contributed by atoms with Gasteiger partial charge in [0.1, 0.15) is 11.0 Å². The van der Waals surface area contributed by atoms with E-state index in [2.05, 4.69) is 9.46 Å². The van der Waals surface area contributed by atoms with Crippen LogP contribution >= 0.6 is 11.6 Å². The van der Waals surface area contributed by atoms with Gasteiger partial charge in [-0.15, -0.1) is 11.6 Å². The Bertz CT molecular complexity index is 496. The summed E-state index contributed by atoms with van der Waals surface area (Å²) in [6, 6.07) is 5.23. The molecule has 0 aliphatic carbocycles. The van der Waals surface area contributed by atoms with Crippen molar-refractivity contribution in [1.29, 1.82) is 0 Å². The molecule has 0 bridgehead atoms. The quantitative estimate of drug-likeness (QED) is 0.821. The number of rotatable bonds is 6. The van der Waals surface area contributed by atoms with Gasteiger partial charge in [0.25, 0.3) is 0 Å². The molecule has 0 saturated carbocycles. The molecule has 102 valence electrons. The zero-order valence-electron chi connectivity index (χ0n) is 9.44. The van der Waals surface area contributed by atoms with Crippen molar-refractivity contribution in [3.05, 3.63) is 29.8 Å². The first-order chi connectivity index (χ1) is 8.35. The number of benzene rings is 1. The van der Waals surface area contributed by atoms with Crippen LogP contribution in [0.15, 0.2) is 24.3 Å². The lowest BCUT2D eigenvalue weighted by Gasteiger charge is -2.17. The third kappa shape index (κ3) is 4.40. The van der Waals surface area contributed by atoms with Gasteiger partial charge >= 0.3 is 6.61 Å². The Labute approximate surface area is 109 Å². The van der Waals surface area contributed by atoms with E-state index >= 15 is 0 Å². The number of hydrogen-bond donors (Lipinski definition) is 1. The fourth-order valence-corrected chi connectivity index (χ4v) is 2.32. The van der Waals surface area contributed by atoms with Crippen molar-refractivity contribution in [2.24, 2.45) is 0 Å². The van der Waals surface area contributed by atoms with E-state index in [9.17, 15) is 17.2 Å². The molecule has 1 aromatic carbocycles. The SMILES string of the molecule is CC(NS(=O)(=O)CCl)c1ccccc1OC(F)F. The zero-order chi connectivity index (χ0) is 13.8. The summed E-state index contributed by atoms with van der Waals surface area (Å²) in [5.74, 6) is -0.0720. The minimum atomic E-state index is -3.64. The fourth-order valence-electron chi connectivity index (χ4n) is 1.41. The van der Waals surface area contributed by atoms with E-state index in [1.165, 1.54) is 25.1 Å². The number of halogens is 3. The summed E-state index contributed by atoms with van der Waals surface area (Å²) in [6.07, 6.45) is 0. The van der Waals surface area contributed by atoms with Crippen molar-refractivity contribution in [2.75, 3.05) is 5.21 Å². The second kappa shape index (κ2) is 6.31. The van der Waals surface area contributed by atoms with Crippen LogP contribution in [0.5, 0.6) is 5.75 Å². The number of sulfonamides is 1. The largest absolute Gasteiger partial charge is 0.434 e. The number of ether oxygens (including phenoxy) is 1. The Hall–Kier alpha value is -0.920. The van der Waals surface area contributed by atoms with Gasteiger partial charge in [-0.3, -0.25) is 0 Å². The van der Waals surface area contributed by atoms with Crippen molar-refractivity contribution < 1.29 is 21.9 Å². The highest BCUT2D eigenvalue weighted by molar-refractivity contribution is 7.90. The van der Waals surface area contributed by atoms with Crippen LogP contribution in [0.25, 0.3) is 0 Å². The van der Waals surface area contributed by atoms with Gasteiger partial charge in [0.15, 0.2) is 0 Å². The topological polar surface area (TPSA) is 55.4 Å². The molecule has 4 nitrogen and oxygen atoms in total. The molecule has 1 N–H and O–H groups in total. The summed E-state index contributed by atoms with van der Waals surface area (Å²) in [5.41, 5.74) is 0.312. The maximum Gasteiger partial charge on any atom is 0.387 e. The van der Waals surface area contributed by atoms with Crippen LogP contribution < -0.4 is 9.46 Å². The summed E-state index contributed by atoms with van der Waals surface area (Å²) in [7, 11) is -3.64. The van der Waals surface area contributed by atoms with Gasteiger partial charge < -0.3 is 4.74 Å². The molecule has 1 unspecified atom stereocenters. The molecular weight excluding hydrogens is 288 g/mol. The average molecular weight is 300 g/mol. The molecule has 0 heterocycles. The summed E-state index contributed by atoms with van der Waals surface area (Å²) >= 11 is 5.25. The number of alkyl halides is 3. The molecule has 0 fully saturated rings. The number of hydrogen-bond acceptors (Lipinski definition) is 3. The Morgan fingerprint density at radius 1 is 1.39 bits per heavy atom. The van der Waals surface area contributed by atoms with E-state index in [1.54, 1.807) is 6.07 Å². The van der Waals surface area contributed by atoms with Gasteiger partial charge in [0.05, 0.1) is 0 Å². The Balaban J connectivity index is 2.95. The smallest absolute Gasteiger partial charge is 0.387 e. The number of para-hydroxylation sites is 1. The van der Waals surface area contributed by atoms with Gasteiger partial charge in [-0.05, 0) is 13.0 Å². The van der Waals surface area contributed by atoms with Crippen molar-refractivity contribution in [2.45, 2.75) is 19.6 Å². The van der Waals surface area contributed by atoms with Crippen molar-refractivity contribution >= 4 is 21.6 Å². The van der Waals surface area contributed by atoms with E-state index in [0.29, 0.717) is 5.56 Å². The van der Waals surface area contributed by atoms with Crippen LogP contribution in [0, 0.1) is 0 Å². The maximum atomic E-state index is 12.2. The molecule has 0 saturated heterocycles. The predicted octanol–water partition coefficient (Wildman–Crippen LogP) is 2.46. The van der Waals surface area contributed by atoms with E-state index in [1.807, 2.05) is 0 Å². The average Bonchev–Trinajstić information content (AvgIpc) is 2.28. The van der Waals surface area contributed by atoms with E-state index in [0.717, 1.165) is 0 Å². The molecule has 1 atom stereocenters. The standard InChI is InChI=1S/C10H12ClF2NO3S/c1-7(14-18(15,16)6-11)8-4-2-3-5-9(8)17-10(12)13/h2-5,7,10,14H,6H2,1H3. The highest BCUT2D eigenvalue weighted by Gasteiger charge is 2.19. The van der Waals surface area contributed by atoms with Gasteiger partial charge in [0, 0.05) is 11.6 Å². The highest BCUT2D eigenvalue weighted by atomic mass is 35.5. The van der Waals surface area contributed by atoms with E-state index in [4.69, 9.17) is 11.6 Å². The molecule has 0 aromatic heterocycles. The first kappa shape index (κ1) is 15.1. The third-order valence-corrected chi connectivity index (χ3v) is 3.96. The van der Waals surface area contributed by atoms with Crippen LogP contribution in [0.3, 0.4) is 0 Å². The molecule has 0 spiro atoms. The summed E-state index contributed by atoms with van der Waals surface area (Å²) in [4.78, 5) is 0. The lowest BCUT2D eigenvalue weighted by molar-refractivity contribution is -0.0506. The van der Waals surface area contributed by atoms with Crippen LogP contribution in [0.1, 0.15) is 18.5 Å². The van der Waals surface area contributed by atoms with Gasteiger partial charge in [-0.25, -0.2) is 13.1 Å². The molecule has 1 aromatic rings. The molecule has 1 rings (SSSR count). The van der Waals surface area contributed by atoms with Crippen molar-refractivity contribution in [1.82, 2.24) is 4.72 Å². The maximum absolute atomic E-state index is 12.2. The Morgan fingerprint density at radius 2 is 2.00 bits per heavy atom. The second-order valence-electron chi connectivity index (χ2n) is 3.48. The van der Waals surface area contributed by atoms with Gasteiger partial charge in [0.2, 0.25) is 10.0 Å². The Kier molecular flexibility index (Phi) is 5.30. The lowest BCUT2D eigenvalue weighted by Crippen LogP contribution is -2.28. The first-order valence-corrected chi connectivity index (χ1v) is 7.14. The fraction of sp³-hybridized carbons (Fsp3) is 0.400. The van der Waals surface area contributed by atoms with Crippen LogP contribution in [0.2, 0.25) is 0 Å². The summed E-state index contributed by atoms with van der Waals surface area (Å²) in [6.45, 7) is -1.46. The van der Waals surface area contributed by atoms with Crippen molar-refractivity contribution in [3.8, 4) is 5.75 Å². The normalized spacial score (nSPS) is 13.6. The van der Waals surface area contributed by atoms with E-state index < -0.39 is 27.9 Å². The predicted molar refractivity (Wildman–Crippen MR) is 64.3 cm³/mol. The second-order valence-corrected chi connectivity index (χ2v) is 5.82. The molecule has 0 amide bonds. The van der Waals surface area contributed by atoms with E-state index in [-0.39, 0.29) is 5.75 Å². The summed E-state index contributed by atoms with van der Waals surface area (Å²) in [5, 5.41) is -0.602. The van der Waals surface area contributed by atoms with Gasteiger partial charge in [-0.2, -0.15) is 8.78 Å². The zero-order valence-corrected chi connectivity index (χ0v) is 11.0. The minimum absolute atomic E-state index is 0.0720. The van der Waals surface area contributed by atoms with Crippen LogP contribution in [-0.4, -0.2) is 20.2 Å². The molecule has 8 heteroatoms. The molecule has 18 heavy (non-hydrogen) atoms. The van der Waals surface area contributed by atoms with Crippen LogP contribution in [0.4, 0.5) is 8.78 Å². The Morgan fingerprint density at radius 3 is 2.56 bits per heavy atom. The third-order valence-electron chi connectivity index (χ3n) is 2.10. The molecule has 0 aliphatic rings. The molecule has 0 aliphatic heterocycles. The monoisotopic (exact) mass is 299 g/mol. The van der Waals surface area contributed by atoms with Crippen molar-refractivity contribution in [3.63, 3.8) is 0 Å². The first-order valence-electron chi connectivity index (χ1n) is 4.95. The van der Waals surface area contributed by atoms with Crippen LogP contribution in [-0.2, 0) is 10.0 Å². The summed E-state index contributed by atoms with van der Waals surface area (Å²) < 4.78 is 53.5. The molecular formula is C10H12ClF2NO3S. The number of nitrogens with one attached hydrogen (secondary N) is 1.